The van der Waals surface area contributed by atoms with Gasteiger partial charge in [0.1, 0.15) is 5.66 Å². The second-order valence-corrected chi connectivity index (χ2v) is 7.53. The molecule has 0 saturated heterocycles. The second-order valence-electron chi connectivity index (χ2n) is 7.53. The predicted octanol–water partition coefficient (Wildman–Crippen LogP) is 3.14. The van der Waals surface area contributed by atoms with Crippen molar-refractivity contribution in [3.8, 4) is 0 Å². The van der Waals surface area contributed by atoms with Crippen molar-refractivity contribution in [2.75, 3.05) is 14.2 Å². The van der Waals surface area contributed by atoms with Crippen LogP contribution in [0.1, 0.15) is 31.1 Å². The number of hydrogen-bond acceptors (Lipinski definition) is 5. The minimum atomic E-state index is -0.457. The summed E-state index contributed by atoms with van der Waals surface area (Å²) in [6, 6.07) is 10.3. The van der Waals surface area contributed by atoms with Crippen LogP contribution in [0, 0.1) is 0 Å². The summed E-state index contributed by atoms with van der Waals surface area (Å²) in [6.07, 6.45) is 7.02. The van der Waals surface area contributed by atoms with Gasteiger partial charge in [-0.05, 0) is 31.4 Å². The first-order valence-corrected chi connectivity index (χ1v) is 9.48. The molecule has 2 heterocycles. The van der Waals surface area contributed by atoms with Crippen molar-refractivity contribution in [3.05, 3.63) is 71.6 Å². The van der Waals surface area contributed by atoms with Crippen LogP contribution in [0.2, 0.25) is 0 Å². The number of methoxy groups -OCH3 is 1. The zero-order valence-corrected chi connectivity index (χ0v) is 16.4. The molecular formula is C22H25N3O3. The van der Waals surface area contributed by atoms with E-state index >= 15 is 0 Å². The molecule has 0 bridgehead atoms. The monoisotopic (exact) mass is 379 g/mol. The maximum Gasteiger partial charge on any atom is 0.257 e. The molecule has 2 atom stereocenters. The molecule has 6 heteroatoms. The normalized spacial score (nSPS) is 24.7. The maximum absolute atomic E-state index is 13.2. The minimum Gasteiger partial charge on any atom is -0.444 e. The van der Waals surface area contributed by atoms with Gasteiger partial charge in [0.15, 0.2) is 12.2 Å². The topological polar surface area (TPSA) is 67.6 Å². The van der Waals surface area contributed by atoms with Gasteiger partial charge in [-0.25, -0.2) is 4.98 Å². The van der Waals surface area contributed by atoms with E-state index in [0.29, 0.717) is 17.8 Å². The average molecular weight is 379 g/mol. The summed E-state index contributed by atoms with van der Waals surface area (Å²) in [6.45, 7) is 2.08. The molecule has 4 rings (SSSR count). The van der Waals surface area contributed by atoms with Crippen LogP contribution in [-0.4, -0.2) is 41.7 Å². The second kappa shape index (κ2) is 7.28. The van der Waals surface area contributed by atoms with E-state index in [1.807, 2.05) is 31.3 Å². The van der Waals surface area contributed by atoms with Crippen LogP contribution < -0.4 is 5.32 Å². The summed E-state index contributed by atoms with van der Waals surface area (Å²) in [5.41, 5.74) is 3.24. The fraction of sp³-hybridized carbons (Fsp3) is 0.364. The van der Waals surface area contributed by atoms with Gasteiger partial charge < -0.3 is 19.4 Å². The molecule has 1 aliphatic heterocycles. The molecule has 0 spiro atoms. The lowest BCUT2D eigenvalue weighted by Gasteiger charge is -2.47. The van der Waals surface area contributed by atoms with Crippen LogP contribution >= 0.6 is 0 Å². The summed E-state index contributed by atoms with van der Waals surface area (Å²) >= 11 is 0. The Morgan fingerprint density at radius 1 is 1.36 bits per heavy atom. The lowest BCUT2D eigenvalue weighted by Crippen LogP contribution is -2.61. The Bertz CT molecular complexity index is 918. The number of nitrogens with zero attached hydrogens (tertiary/aromatic N) is 2. The molecule has 6 nitrogen and oxygen atoms in total. The van der Waals surface area contributed by atoms with Crippen molar-refractivity contribution in [2.24, 2.45) is 0 Å². The summed E-state index contributed by atoms with van der Waals surface area (Å²) in [5.74, 6) is 0.641. The number of ether oxygens (including phenoxy) is 1. The van der Waals surface area contributed by atoms with Crippen molar-refractivity contribution in [3.63, 3.8) is 0 Å². The van der Waals surface area contributed by atoms with Crippen LogP contribution in [0.4, 0.5) is 0 Å². The number of nitrogens with one attached hydrogen (secondary N) is 1. The zero-order valence-electron chi connectivity index (χ0n) is 16.4. The number of likely N-dealkylation sites (N-methyl/N-ethyl adjacent to an activating group) is 1. The minimum absolute atomic E-state index is 0.0101. The molecule has 28 heavy (non-hydrogen) atoms. The fourth-order valence-corrected chi connectivity index (χ4v) is 3.92. The number of carbonyl (C=O) groups excluding carboxylic acids is 1. The number of aryl methyl sites for hydroxylation is 1. The van der Waals surface area contributed by atoms with E-state index in [1.165, 1.54) is 12.0 Å². The molecule has 0 saturated carbocycles. The van der Waals surface area contributed by atoms with Gasteiger partial charge in [-0.1, -0.05) is 30.3 Å². The van der Waals surface area contributed by atoms with Crippen molar-refractivity contribution < 1.29 is 13.9 Å². The van der Waals surface area contributed by atoms with E-state index in [9.17, 15) is 4.79 Å². The Balaban J connectivity index is 1.62. The number of amides is 1. The van der Waals surface area contributed by atoms with E-state index < -0.39 is 5.66 Å². The van der Waals surface area contributed by atoms with Gasteiger partial charge >= 0.3 is 0 Å². The zero-order chi connectivity index (χ0) is 19.7. The van der Waals surface area contributed by atoms with Crippen molar-refractivity contribution in [2.45, 2.75) is 38.0 Å². The van der Waals surface area contributed by atoms with Gasteiger partial charge in [0.25, 0.3) is 5.91 Å². The predicted molar refractivity (Wildman–Crippen MR) is 106 cm³/mol. The van der Waals surface area contributed by atoms with Crippen molar-refractivity contribution in [1.29, 1.82) is 0 Å². The lowest BCUT2D eigenvalue weighted by molar-refractivity contribution is -0.133. The highest BCUT2D eigenvalue weighted by atomic mass is 16.5. The number of aromatic nitrogens is 1. The van der Waals surface area contributed by atoms with Crippen molar-refractivity contribution >= 4 is 11.5 Å². The molecule has 1 N–H and O–H groups in total. The third-order valence-corrected chi connectivity index (χ3v) is 5.80. The summed E-state index contributed by atoms with van der Waals surface area (Å²) < 4.78 is 11.1. The summed E-state index contributed by atoms with van der Waals surface area (Å²) in [5, 5.41) is 3.63. The SMILES string of the molecule is COC1CC2=C(C=C1c1cnco1)C(=O)N(C)C(C)(CCc1ccccc1)N2. The van der Waals surface area contributed by atoms with E-state index in [2.05, 4.69) is 29.4 Å². The van der Waals surface area contributed by atoms with Gasteiger partial charge in [-0.15, -0.1) is 0 Å². The Labute approximate surface area is 164 Å². The molecule has 1 aliphatic carbocycles. The Hall–Kier alpha value is -2.86. The van der Waals surface area contributed by atoms with Gasteiger partial charge in [0.05, 0.1) is 17.9 Å². The smallest absolute Gasteiger partial charge is 0.257 e. The molecule has 0 radical (unpaired) electrons. The number of hydrogen-bond donors (Lipinski definition) is 1. The van der Waals surface area contributed by atoms with E-state index in [4.69, 9.17) is 9.15 Å². The molecule has 1 aromatic heterocycles. The van der Waals surface area contributed by atoms with E-state index in [-0.39, 0.29) is 12.0 Å². The third-order valence-electron chi connectivity index (χ3n) is 5.80. The van der Waals surface area contributed by atoms with Gasteiger partial charge in [0.2, 0.25) is 0 Å². The first kappa shape index (κ1) is 18.5. The third kappa shape index (κ3) is 3.24. The van der Waals surface area contributed by atoms with Crippen LogP contribution in [0.5, 0.6) is 0 Å². The summed E-state index contributed by atoms with van der Waals surface area (Å²) in [7, 11) is 3.53. The van der Waals surface area contributed by atoms with Crippen molar-refractivity contribution in [1.82, 2.24) is 15.2 Å². The van der Waals surface area contributed by atoms with Crippen LogP contribution in [-0.2, 0) is 16.0 Å². The first-order chi connectivity index (χ1) is 13.5. The molecule has 2 unspecified atom stereocenters. The van der Waals surface area contributed by atoms with E-state index in [1.54, 1.807) is 18.2 Å². The number of oxazole rings is 1. The van der Waals surface area contributed by atoms with Crippen LogP contribution in [0.15, 0.2) is 64.7 Å². The standard InChI is InChI=1S/C22H25N3O3/c1-22(10-9-15-7-5-4-6-8-15)24-18-12-19(27-3)17(20-13-23-14-28-20)11-16(18)21(26)25(22)2/h4-8,11,13-14,19,24H,9-10,12H2,1-3H3. The number of carbonyl (C=O) groups is 1. The molecule has 1 amide bonds. The Morgan fingerprint density at radius 2 is 2.14 bits per heavy atom. The quantitative estimate of drug-likeness (QED) is 0.864. The molecule has 2 aromatic rings. The Kier molecular flexibility index (Phi) is 4.81. The molecule has 0 fully saturated rings. The van der Waals surface area contributed by atoms with Crippen LogP contribution in [0.25, 0.3) is 5.57 Å². The van der Waals surface area contributed by atoms with Gasteiger partial charge in [0, 0.05) is 31.8 Å². The van der Waals surface area contributed by atoms with E-state index in [0.717, 1.165) is 24.1 Å². The maximum atomic E-state index is 13.2. The highest BCUT2D eigenvalue weighted by Gasteiger charge is 2.42. The summed E-state index contributed by atoms with van der Waals surface area (Å²) in [4.78, 5) is 19.0. The highest BCUT2D eigenvalue weighted by molar-refractivity contribution is 6.01. The highest BCUT2D eigenvalue weighted by Crippen LogP contribution is 2.37. The molecule has 2 aliphatic rings. The lowest BCUT2D eigenvalue weighted by atomic mass is 9.87. The molecule has 146 valence electrons. The van der Waals surface area contributed by atoms with Gasteiger partial charge in [-0.3, -0.25) is 4.79 Å². The van der Waals surface area contributed by atoms with Gasteiger partial charge in [-0.2, -0.15) is 0 Å². The fourth-order valence-electron chi connectivity index (χ4n) is 3.92. The molecule has 1 aromatic carbocycles. The number of benzene rings is 1. The first-order valence-electron chi connectivity index (χ1n) is 9.48. The Morgan fingerprint density at radius 3 is 2.82 bits per heavy atom. The average Bonchev–Trinajstić information content (AvgIpc) is 3.25. The molecular weight excluding hydrogens is 354 g/mol. The van der Waals surface area contributed by atoms with Crippen LogP contribution in [0.3, 0.4) is 0 Å². The number of rotatable bonds is 5. The largest absolute Gasteiger partial charge is 0.444 e.